The number of urea groups is 1. The lowest BCUT2D eigenvalue weighted by Crippen LogP contribution is -2.54. The van der Waals surface area contributed by atoms with Crippen LogP contribution >= 0.6 is 11.6 Å². The maximum Gasteiger partial charge on any atom is 0.319 e. The first kappa shape index (κ1) is 20.5. The molecule has 2 aliphatic rings. The Bertz CT molecular complexity index is 897. The van der Waals surface area contributed by atoms with Gasteiger partial charge in [0, 0.05) is 35.6 Å². The van der Waals surface area contributed by atoms with Gasteiger partial charge in [-0.1, -0.05) is 23.7 Å². The number of amides is 3. The Morgan fingerprint density at radius 2 is 1.73 bits per heavy atom. The lowest BCUT2D eigenvalue weighted by Gasteiger charge is -2.39. The third-order valence-corrected chi connectivity index (χ3v) is 6.07. The number of nitrogens with zero attached hydrogens (tertiary/aromatic N) is 1. The predicted molar refractivity (Wildman–Crippen MR) is 117 cm³/mol. The second-order valence-electron chi connectivity index (χ2n) is 7.94. The molecule has 2 aromatic carbocycles. The molecule has 2 aromatic rings. The molecule has 1 aliphatic heterocycles. The van der Waals surface area contributed by atoms with Crippen molar-refractivity contribution in [1.82, 2.24) is 10.2 Å². The Morgan fingerprint density at radius 1 is 1.03 bits per heavy atom. The molecule has 158 valence electrons. The number of benzene rings is 2. The normalized spacial score (nSPS) is 21.1. The Morgan fingerprint density at radius 3 is 2.37 bits per heavy atom. The van der Waals surface area contributed by atoms with E-state index in [1.165, 1.54) is 0 Å². The van der Waals surface area contributed by atoms with Crippen molar-refractivity contribution in [3.05, 3.63) is 59.1 Å². The fourth-order valence-corrected chi connectivity index (χ4v) is 4.13. The third-order valence-electron chi connectivity index (χ3n) is 5.81. The summed E-state index contributed by atoms with van der Waals surface area (Å²) in [7, 11) is 1.64. The minimum Gasteiger partial charge on any atom is -0.497 e. The van der Waals surface area contributed by atoms with Crippen molar-refractivity contribution in [3.63, 3.8) is 0 Å². The number of halogens is 1. The van der Waals surface area contributed by atoms with Crippen molar-refractivity contribution in [3.8, 4) is 5.75 Å². The van der Waals surface area contributed by atoms with Gasteiger partial charge in [-0.05, 0) is 61.2 Å². The molecule has 0 bridgehead atoms. The molecule has 2 N–H and O–H groups in total. The van der Waals surface area contributed by atoms with Gasteiger partial charge in [0.2, 0.25) is 5.91 Å². The van der Waals surface area contributed by atoms with Gasteiger partial charge in [0.05, 0.1) is 13.2 Å². The van der Waals surface area contributed by atoms with Gasteiger partial charge in [-0.3, -0.25) is 4.79 Å². The summed E-state index contributed by atoms with van der Waals surface area (Å²) in [6, 6.07) is 14.4. The van der Waals surface area contributed by atoms with Crippen molar-refractivity contribution in [1.29, 1.82) is 0 Å². The van der Waals surface area contributed by atoms with Gasteiger partial charge in [0.15, 0.2) is 0 Å². The zero-order valence-corrected chi connectivity index (χ0v) is 17.7. The van der Waals surface area contributed by atoms with Crippen LogP contribution in [0.2, 0.25) is 5.02 Å². The number of methoxy groups -OCH3 is 1. The summed E-state index contributed by atoms with van der Waals surface area (Å²) in [4.78, 5) is 27.2. The van der Waals surface area contributed by atoms with Crippen molar-refractivity contribution >= 4 is 29.2 Å². The van der Waals surface area contributed by atoms with Gasteiger partial charge >= 0.3 is 6.03 Å². The summed E-state index contributed by atoms with van der Waals surface area (Å²) in [6.45, 7) is 1.23. The number of carbonyl (C=O) groups excluding carboxylic acids is 2. The first-order valence-electron chi connectivity index (χ1n) is 10.3. The Hall–Kier alpha value is -2.73. The number of hydrogen-bond donors (Lipinski definition) is 2. The number of carbonyl (C=O) groups is 2. The standard InChI is InChI=1S/C23H26ClN3O3/c1-30-19-10-4-15(5-11-19)20-12-13-27(22(28)16-2-3-16)14-21(20)26-23(29)25-18-8-6-17(24)7-9-18/h4-11,16,20-21H,2-3,12-14H2,1H3,(H2,25,26,29)/t20-,21+/m0/s1. The van der Waals surface area contributed by atoms with Gasteiger partial charge in [-0.25, -0.2) is 4.79 Å². The molecule has 0 unspecified atom stereocenters. The largest absolute Gasteiger partial charge is 0.497 e. The number of nitrogens with one attached hydrogen (secondary N) is 2. The summed E-state index contributed by atoms with van der Waals surface area (Å²) in [5, 5.41) is 6.56. The Labute approximate surface area is 181 Å². The molecule has 3 amide bonds. The minimum absolute atomic E-state index is 0.120. The highest BCUT2D eigenvalue weighted by Gasteiger charge is 2.39. The average Bonchev–Trinajstić information content (AvgIpc) is 3.60. The van der Waals surface area contributed by atoms with E-state index in [0.29, 0.717) is 23.8 Å². The van der Waals surface area contributed by atoms with Crippen LogP contribution in [0, 0.1) is 5.92 Å². The highest BCUT2D eigenvalue weighted by molar-refractivity contribution is 6.30. The number of ether oxygens (including phenoxy) is 1. The number of likely N-dealkylation sites (tertiary alicyclic amines) is 1. The molecule has 7 heteroatoms. The SMILES string of the molecule is COc1ccc([C@@H]2CCN(C(=O)C3CC3)C[C@H]2NC(=O)Nc2ccc(Cl)cc2)cc1. The smallest absolute Gasteiger partial charge is 0.319 e. The minimum atomic E-state index is -0.290. The highest BCUT2D eigenvalue weighted by atomic mass is 35.5. The fourth-order valence-electron chi connectivity index (χ4n) is 4.01. The zero-order chi connectivity index (χ0) is 21.1. The van der Waals surface area contributed by atoms with Gasteiger partial charge < -0.3 is 20.3 Å². The summed E-state index contributed by atoms with van der Waals surface area (Å²) in [5.74, 6) is 1.30. The van der Waals surface area contributed by atoms with E-state index < -0.39 is 0 Å². The predicted octanol–water partition coefficient (Wildman–Crippen LogP) is 4.26. The maximum absolute atomic E-state index is 12.7. The van der Waals surface area contributed by atoms with E-state index in [9.17, 15) is 9.59 Å². The summed E-state index contributed by atoms with van der Waals surface area (Å²) < 4.78 is 5.26. The van der Waals surface area contributed by atoms with E-state index in [1.807, 2.05) is 29.2 Å². The summed E-state index contributed by atoms with van der Waals surface area (Å²) >= 11 is 5.91. The monoisotopic (exact) mass is 427 g/mol. The van der Waals surface area contributed by atoms with E-state index in [1.54, 1.807) is 31.4 Å². The molecule has 30 heavy (non-hydrogen) atoms. The van der Waals surface area contributed by atoms with Crippen LogP contribution in [0.4, 0.5) is 10.5 Å². The Balaban J connectivity index is 1.48. The van der Waals surface area contributed by atoms with E-state index in [-0.39, 0.29) is 29.8 Å². The molecule has 0 radical (unpaired) electrons. The van der Waals surface area contributed by atoms with Crippen LogP contribution in [0.1, 0.15) is 30.7 Å². The summed E-state index contributed by atoms with van der Waals surface area (Å²) in [5.41, 5.74) is 1.80. The lowest BCUT2D eigenvalue weighted by molar-refractivity contribution is -0.134. The second kappa shape index (κ2) is 8.96. The van der Waals surface area contributed by atoms with Crippen molar-refractivity contribution in [2.24, 2.45) is 5.92 Å². The molecular weight excluding hydrogens is 402 g/mol. The van der Waals surface area contributed by atoms with Gasteiger partial charge in [0.1, 0.15) is 5.75 Å². The van der Waals surface area contributed by atoms with Gasteiger partial charge in [0.25, 0.3) is 0 Å². The molecule has 6 nitrogen and oxygen atoms in total. The lowest BCUT2D eigenvalue weighted by atomic mass is 9.85. The third kappa shape index (κ3) is 4.87. The molecule has 1 aliphatic carbocycles. The topological polar surface area (TPSA) is 70.7 Å². The second-order valence-corrected chi connectivity index (χ2v) is 8.38. The van der Waals surface area contributed by atoms with Crippen molar-refractivity contribution in [2.75, 3.05) is 25.5 Å². The van der Waals surface area contributed by atoms with Crippen molar-refractivity contribution < 1.29 is 14.3 Å². The van der Waals surface area contributed by atoms with E-state index >= 15 is 0 Å². The van der Waals surface area contributed by atoms with Crippen LogP contribution in [-0.2, 0) is 4.79 Å². The molecule has 1 saturated heterocycles. The van der Waals surface area contributed by atoms with E-state index in [0.717, 1.165) is 30.6 Å². The molecular formula is C23H26ClN3O3. The van der Waals surface area contributed by atoms with Crippen LogP contribution in [-0.4, -0.2) is 43.1 Å². The van der Waals surface area contributed by atoms with Crippen LogP contribution < -0.4 is 15.4 Å². The van der Waals surface area contributed by atoms with Gasteiger partial charge in [-0.15, -0.1) is 0 Å². The molecule has 4 rings (SSSR count). The molecule has 0 aromatic heterocycles. The number of anilines is 1. The summed E-state index contributed by atoms with van der Waals surface area (Å²) in [6.07, 6.45) is 2.76. The highest BCUT2D eigenvalue weighted by Crippen LogP contribution is 2.35. The molecule has 0 spiro atoms. The first-order valence-corrected chi connectivity index (χ1v) is 10.7. The molecule has 1 heterocycles. The van der Waals surface area contributed by atoms with E-state index in [4.69, 9.17) is 16.3 Å². The van der Waals surface area contributed by atoms with Crippen LogP contribution in [0.25, 0.3) is 0 Å². The van der Waals surface area contributed by atoms with E-state index in [2.05, 4.69) is 10.6 Å². The number of piperidine rings is 1. The Kier molecular flexibility index (Phi) is 6.13. The van der Waals surface area contributed by atoms with Crippen LogP contribution in [0.5, 0.6) is 5.75 Å². The number of hydrogen-bond acceptors (Lipinski definition) is 3. The average molecular weight is 428 g/mol. The maximum atomic E-state index is 12.7. The van der Waals surface area contributed by atoms with Gasteiger partial charge in [-0.2, -0.15) is 0 Å². The number of rotatable bonds is 5. The van der Waals surface area contributed by atoms with Crippen LogP contribution in [0.3, 0.4) is 0 Å². The molecule has 2 atom stereocenters. The molecule has 1 saturated carbocycles. The van der Waals surface area contributed by atoms with Crippen molar-refractivity contribution in [2.45, 2.75) is 31.2 Å². The molecule has 2 fully saturated rings. The fraction of sp³-hybridized carbons (Fsp3) is 0.391. The van der Waals surface area contributed by atoms with Crippen LogP contribution in [0.15, 0.2) is 48.5 Å². The zero-order valence-electron chi connectivity index (χ0n) is 16.9. The quantitative estimate of drug-likeness (QED) is 0.748. The first-order chi connectivity index (χ1) is 14.5.